The SMILES string of the molecule is CC(C)C(=C=[N-])C(=O)c1cccnc1. The minimum Gasteiger partial charge on any atom is -0.763 e. The van der Waals surface area contributed by atoms with Gasteiger partial charge in [-0.1, -0.05) is 13.8 Å². The quantitative estimate of drug-likeness (QED) is 0.413. The van der Waals surface area contributed by atoms with Crippen LogP contribution in [0, 0.1) is 5.92 Å². The molecule has 0 unspecified atom stereocenters. The molecule has 0 radical (unpaired) electrons. The van der Waals surface area contributed by atoms with Crippen molar-refractivity contribution < 1.29 is 4.79 Å². The normalized spacial score (nSPS) is 9.64. The maximum absolute atomic E-state index is 11.7. The lowest BCUT2D eigenvalue weighted by Crippen LogP contribution is -2.09. The van der Waals surface area contributed by atoms with Crippen molar-refractivity contribution >= 4 is 11.7 Å². The number of aromatic nitrogens is 1. The molecular weight excluding hydrogens is 176 g/mol. The highest BCUT2D eigenvalue weighted by atomic mass is 16.1. The summed E-state index contributed by atoms with van der Waals surface area (Å²) < 4.78 is 0. The van der Waals surface area contributed by atoms with E-state index in [0.717, 1.165) is 0 Å². The zero-order valence-electron chi connectivity index (χ0n) is 8.19. The van der Waals surface area contributed by atoms with Crippen LogP contribution < -0.4 is 0 Å². The molecule has 0 spiro atoms. The van der Waals surface area contributed by atoms with Crippen molar-refractivity contribution in [2.24, 2.45) is 5.92 Å². The number of ketones is 1. The Hall–Kier alpha value is -1.73. The van der Waals surface area contributed by atoms with Crippen LogP contribution in [0.4, 0.5) is 0 Å². The molecule has 0 bridgehead atoms. The van der Waals surface area contributed by atoms with Gasteiger partial charge in [0.1, 0.15) is 0 Å². The van der Waals surface area contributed by atoms with Crippen LogP contribution in [0.2, 0.25) is 0 Å². The fraction of sp³-hybridized carbons (Fsp3) is 0.273. The molecule has 3 nitrogen and oxygen atoms in total. The maximum atomic E-state index is 11.7. The molecule has 14 heavy (non-hydrogen) atoms. The summed E-state index contributed by atoms with van der Waals surface area (Å²) in [6.45, 7) is 3.65. The van der Waals surface area contributed by atoms with E-state index in [-0.39, 0.29) is 17.3 Å². The number of nitrogens with zero attached hydrogens (tertiary/aromatic N) is 2. The second-order valence-electron chi connectivity index (χ2n) is 3.25. The van der Waals surface area contributed by atoms with Crippen LogP contribution in [0.3, 0.4) is 0 Å². The molecule has 0 N–H and O–H groups in total. The first-order chi connectivity index (χ1) is 6.66. The molecule has 3 heteroatoms. The van der Waals surface area contributed by atoms with Gasteiger partial charge in [-0.05, 0) is 18.1 Å². The van der Waals surface area contributed by atoms with Crippen LogP contribution in [0.25, 0.3) is 5.41 Å². The first kappa shape index (κ1) is 10.4. The largest absolute Gasteiger partial charge is 0.763 e. The summed E-state index contributed by atoms with van der Waals surface area (Å²) in [6.07, 6.45) is 3.07. The summed E-state index contributed by atoms with van der Waals surface area (Å²) in [5.74, 6) is 1.66. The molecular formula is C11H11N2O-. The van der Waals surface area contributed by atoms with Gasteiger partial charge in [0, 0.05) is 23.5 Å². The van der Waals surface area contributed by atoms with Crippen LogP contribution in [0.15, 0.2) is 30.1 Å². The third kappa shape index (κ3) is 2.15. The summed E-state index contributed by atoms with van der Waals surface area (Å²) in [4.78, 5) is 15.6. The second kappa shape index (κ2) is 4.49. The van der Waals surface area contributed by atoms with E-state index in [1.165, 1.54) is 6.20 Å². The molecule has 1 heterocycles. The Morgan fingerprint density at radius 2 is 2.29 bits per heavy atom. The van der Waals surface area contributed by atoms with E-state index in [2.05, 4.69) is 4.98 Å². The molecule has 0 amide bonds. The third-order valence-corrected chi connectivity index (χ3v) is 1.87. The Kier molecular flexibility index (Phi) is 3.32. The van der Waals surface area contributed by atoms with Crippen molar-refractivity contribution in [3.8, 4) is 0 Å². The van der Waals surface area contributed by atoms with E-state index in [9.17, 15) is 4.79 Å². The van der Waals surface area contributed by atoms with Crippen molar-refractivity contribution in [3.05, 3.63) is 41.1 Å². The van der Waals surface area contributed by atoms with Crippen LogP contribution in [-0.4, -0.2) is 16.6 Å². The fourth-order valence-corrected chi connectivity index (χ4v) is 1.09. The van der Waals surface area contributed by atoms with Gasteiger partial charge in [0.25, 0.3) is 0 Å². The number of rotatable bonds is 3. The lowest BCUT2D eigenvalue weighted by atomic mass is 9.97. The highest BCUT2D eigenvalue weighted by Gasteiger charge is 2.13. The van der Waals surface area contributed by atoms with E-state index < -0.39 is 0 Å². The van der Waals surface area contributed by atoms with Gasteiger partial charge in [-0.2, -0.15) is 0 Å². The molecule has 0 aliphatic carbocycles. The number of hydrogen-bond donors (Lipinski definition) is 0. The average molecular weight is 187 g/mol. The predicted molar refractivity (Wildman–Crippen MR) is 55.3 cm³/mol. The zero-order chi connectivity index (χ0) is 10.6. The number of pyridine rings is 1. The molecule has 0 atom stereocenters. The van der Waals surface area contributed by atoms with Crippen molar-refractivity contribution in [2.75, 3.05) is 0 Å². The Labute approximate surface area is 83.0 Å². The second-order valence-corrected chi connectivity index (χ2v) is 3.25. The number of carbonyl (C=O) groups is 1. The van der Waals surface area contributed by atoms with E-state index in [1.807, 2.05) is 19.7 Å². The Balaban J connectivity index is 3.02. The molecule has 1 aromatic heterocycles. The minimum absolute atomic E-state index is 0.0484. The molecule has 0 saturated carbocycles. The minimum atomic E-state index is -0.226. The van der Waals surface area contributed by atoms with E-state index >= 15 is 0 Å². The standard InChI is InChI=1S/C11H11N2O/c1-8(2)10(6-12)11(14)9-4-3-5-13-7-9/h3-5,7-8H,1-2H3/q-1. The predicted octanol–water partition coefficient (Wildman–Crippen LogP) is 2.09. The fourth-order valence-electron chi connectivity index (χ4n) is 1.09. The van der Waals surface area contributed by atoms with Crippen LogP contribution in [0.5, 0.6) is 0 Å². The molecule has 0 aliphatic rings. The third-order valence-electron chi connectivity index (χ3n) is 1.87. The number of Topliss-reactive ketones (excluding diaryl/α,β-unsaturated/α-hetero) is 1. The molecule has 0 aromatic carbocycles. The van der Waals surface area contributed by atoms with Crippen LogP contribution >= 0.6 is 0 Å². The summed E-state index contributed by atoms with van der Waals surface area (Å²) in [6, 6.07) is 3.34. The highest BCUT2D eigenvalue weighted by molar-refractivity contribution is 6.14. The molecule has 1 rings (SSSR count). The van der Waals surface area contributed by atoms with Gasteiger partial charge in [-0.15, -0.1) is 0 Å². The van der Waals surface area contributed by atoms with Gasteiger partial charge < -0.3 is 5.41 Å². The van der Waals surface area contributed by atoms with Gasteiger partial charge in [-0.25, -0.2) is 0 Å². The highest BCUT2D eigenvalue weighted by Crippen LogP contribution is 2.12. The van der Waals surface area contributed by atoms with Gasteiger partial charge in [-0.3, -0.25) is 15.6 Å². The van der Waals surface area contributed by atoms with Crippen LogP contribution in [-0.2, 0) is 0 Å². The summed E-state index contributed by atoms with van der Waals surface area (Å²) in [7, 11) is 0. The molecule has 72 valence electrons. The topological polar surface area (TPSA) is 52.3 Å². The van der Waals surface area contributed by atoms with Gasteiger partial charge in [0.2, 0.25) is 0 Å². The summed E-state index contributed by atoms with van der Waals surface area (Å²) >= 11 is 0. The lowest BCUT2D eigenvalue weighted by Gasteiger charge is -2.08. The van der Waals surface area contributed by atoms with Crippen molar-refractivity contribution in [3.63, 3.8) is 0 Å². The summed E-state index contributed by atoms with van der Waals surface area (Å²) in [5, 5.41) is 8.80. The summed E-state index contributed by atoms with van der Waals surface area (Å²) in [5.41, 5.74) is 0.746. The first-order valence-electron chi connectivity index (χ1n) is 4.38. The molecule has 0 saturated heterocycles. The monoisotopic (exact) mass is 187 g/mol. The first-order valence-corrected chi connectivity index (χ1v) is 4.38. The van der Waals surface area contributed by atoms with Crippen molar-refractivity contribution in [1.82, 2.24) is 4.98 Å². The number of allylic oxidation sites excluding steroid dienone is 1. The van der Waals surface area contributed by atoms with Crippen molar-refractivity contribution in [1.29, 1.82) is 0 Å². The van der Waals surface area contributed by atoms with Crippen LogP contribution in [0.1, 0.15) is 24.2 Å². The Morgan fingerprint density at radius 3 is 2.71 bits per heavy atom. The maximum Gasteiger partial charge on any atom is 0.196 e. The molecule has 0 fully saturated rings. The number of carbonyl (C=O) groups excluding carboxylic acids is 1. The van der Waals surface area contributed by atoms with E-state index in [0.29, 0.717) is 5.56 Å². The van der Waals surface area contributed by atoms with Gasteiger partial charge in [0.15, 0.2) is 5.78 Å². The smallest absolute Gasteiger partial charge is 0.196 e. The Morgan fingerprint density at radius 1 is 1.57 bits per heavy atom. The van der Waals surface area contributed by atoms with Gasteiger partial charge in [0.05, 0.1) is 0 Å². The zero-order valence-corrected chi connectivity index (χ0v) is 8.19. The lowest BCUT2D eigenvalue weighted by molar-refractivity contribution is 0.102. The number of hydrogen-bond acceptors (Lipinski definition) is 2. The van der Waals surface area contributed by atoms with Gasteiger partial charge >= 0.3 is 0 Å². The van der Waals surface area contributed by atoms with E-state index in [4.69, 9.17) is 5.41 Å². The molecule has 1 aromatic rings. The van der Waals surface area contributed by atoms with Crippen molar-refractivity contribution in [2.45, 2.75) is 13.8 Å². The average Bonchev–Trinajstić information content (AvgIpc) is 2.19. The van der Waals surface area contributed by atoms with E-state index in [1.54, 1.807) is 18.3 Å². The molecule has 0 aliphatic heterocycles. The Bertz CT molecular complexity index is 376.